The van der Waals surface area contributed by atoms with E-state index in [-0.39, 0.29) is 17.9 Å². The fourth-order valence-corrected chi connectivity index (χ4v) is 3.70. The monoisotopic (exact) mass is 422 g/mol. The maximum Gasteiger partial charge on any atom is 0.229 e. The zero-order chi connectivity index (χ0) is 13.1. The summed E-state index contributed by atoms with van der Waals surface area (Å²) >= 11 is 5.70. The molecule has 18 heavy (non-hydrogen) atoms. The highest BCUT2D eigenvalue weighted by atomic mass is 127. The molecule has 3 nitrogen and oxygen atoms in total. The first-order valence-electron chi connectivity index (χ1n) is 6.09. The van der Waals surface area contributed by atoms with Crippen molar-refractivity contribution in [2.75, 3.05) is 5.32 Å². The minimum Gasteiger partial charge on any atom is -0.327 e. The third kappa shape index (κ3) is 3.45. The number of amides is 1. The zero-order valence-electron chi connectivity index (χ0n) is 9.96. The van der Waals surface area contributed by atoms with E-state index in [2.05, 4.69) is 43.8 Å². The molecule has 1 amide bonds. The Morgan fingerprint density at radius 1 is 1.39 bits per heavy atom. The van der Waals surface area contributed by atoms with Crippen molar-refractivity contribution in [1.29, 1.82) is 0 Å². The maximum atomic E-state index is 12.2. The van der Waals surface area contributed by atoms with Gasteiger partial charge in [0, 0.05) is 14.1 Å². The molecule has 0 saturated heterocycles. The lowest BCUT2D eigenvalue weighted by molar-refractivity contribution is -0.121. The van der Waals surface area contributed by atoms with Crippen LogP contribution in [-0.2, 0) is 4.79 Å². The Balaban J connectivity index is 2.06. The number of hydrogen-bond acceptors (Lipinski definition) is 2. The van der Waals surface area contributed by atoms with Crippen LogP contribution in [0.4, 0.5) is 5.69 Å². The topological polar surface area (TPSA) is 55.1 Å². The van der Waals surface area contributed by atoms with Crippen LogP contribution < -0.4 is 11.1 Å². The maximum absolute atomic E-state index is 12.2. The molecule has 2 rings (SSSR count). The summed E-state index contributed by atoms with van der Waals surface area (Å²) in [5, 5.41) is 2.97. The third-order valence-corrected chi connectivity index (χ3v) is 4.67. The SMILES string of the molecule is NC1CCCCC1C(=O)Nc1ccc(I)cc1Br. The molecule has 0 heterocycles. The van der Waals surface area contributed by atoms with E-state index in [4.69, 9.17) is 5.73 Å². The summed E-state index contributed by atoms with van der Waals surface area (Å²) < 4.78 is 2.04. The van der Waals surface area contributed by atoms with Crippen LogP contribution in [-0.4, -0.2) is 11.9 Å². The van der Waals surface area contributed by atoms with E-state index < -0.39 is 0 Å². The van der Waals surface area contributed by atoms with E-state index in [1.165, 1.54) is 0 Å². The zero-order valence-corrected chi connectivity index (χ0v) is 13.7. The van der Waals surface area contributed by atoms with Crippen molar-refractivity contribution >= 4 is 50.1 Å². The highest BCUT2D eigenvalue weighted by molar-refractivity contribution is 14.1. The lowest BCUT2D eigenvalue weighted by Gasteiger charge is -2.27. The van der Waals surface area contributed by atoms with Crippen LogP contribution in [0.15, 0.2) is 22.7 Å². The van der Waals surface area contributed by atoms with Gasteiger partial charge in [-0.2, -0.15) is 0 Å². The lowest BCUT2D eigenvalue weighted by atomic mass is 9.84. The van der Waals surface area contributed by atoms with E-state index in [0.29, 0.717) is 0 Å². The van der Waals surface area contributed by atoms with Crippen LogP contribution in [0.2, 0.25) is 0 Å². The van der Waals surface area contributed by atoms with Crippen molar-refractivity contribution in [3.8, 4) is 0 Å². The molecule has 2 unspecified atom stereocenters. The summed E-state index contributed by atoms with van der Waals surface area (Å²) in [6, 6.07) is 5.87. The Hall–Kier alpha value is -0.140. The lowest BCUT2D eigenvalue weighted by Crippen LogP contribution is -2.40. The Morgan fingerprint density at radius 3 is 2.78 bits per heavy atom. The van der Waals surface area contributed by atoms with Gasteiger partial charge >= 0.3 is 0 Å². The van der Waals surface area contributed by atoms with Gasteiger partial charge in [-0.15, -0.1) is 0 Å². The smallest absolute Gasteiger partial charge is 0.229 e. The number of rotatable bonds is 2. The quantitative estimate of drug-likeness (QED) is 0.716. The molecular weight excluding hydrogens is 407 g/mol. The summed E-state index contributed by atoms with van der Waals surface area (Å²) in [4.78, 5) is 12.2. The summed E-state index contributed by atoms with van der Waals surface area (Å²) in [7, 11) is 0. The van der Waals surface area contributed by atoms with E-state index in [0.717, 1.165) is 39.4 Å². The Labute approximate surface area is 129 Å². The van der Waals surface area contributed by atoms with Crippen LogP contribution in [0.25, 0.3) is 0 Å². The van der Waals surface area contributed by atoms with Crippen molar-refractivity contribution in [2.45, 2.75) is 31.7 Å². The number of nitrogens with one attached hydrogen (secondary N) is 1. The molecule has 1 fully saturated rings. The summed E-state index contributed by atoms with van der Waals surface area (Å²) in [6.07, 6.45) is 4.08. The molecule has 0 bridgehead atoms. The van der Waals surface area contributed by atoms with Crippen LogP contribution >= 0.6 is 38.5 Å². The average molecular weight is 423 g/mol. The second-order valence-corrected chi connectivity index (χ2v) is 6.77. The molecule has 1 aliphatic carbocycles. The second-order valence-electron chi connectivity index (χ2n) is 4.67. The van der Waals surface area contributed by atoms with Gasteiger partial charge in [-0.3, -0.25) is 4.79 Å². The molecule has 1 aromatic carbocycles. The van der Waals surface area contributed by atoms with E-state index in [9.17, 15) is 4.79 Å². The van der Waals surface area contributed by atoms with Gasteiger partial charge in [-0.25, -0.2) is 0 Å². The predicted octanol–water partition coefficient (Wildman–Crippen LogP) is 3.51. The molecule has 2 atom stereocenters. The molecule has 1 aliphatic rings. The third-order valence-electron chi connectivity index (χ3n) is 3.35. The molecule has 0 radical (unpaired) electrons. The minimum absolute atomic E-state index is 0.00127. The fraction of sp³-hybridized carbons (Fsp3) is 0.462. The number of nitrogens with two attached hydrogens (primary N) is 1. The predicted molar refractivity (Wildman–Crippen MR) is 85.4 cm³/mol. The minimum atomic E-state index is -0.0510. The van der Waals surface area contributed by atoms with Gasteiger partial charge in [0.2, 0.25) is 5.91 Å². The Kier molecular flexibility index (Phi) is 5.03. The van der Waals surface area contributed by atoms with Gasteiger partial charge in [0.1, 0.15) is 0 Å². The highest BCUT2D eigenvalue weighted by Crippen LogP contribution is 2.28. The van der Waals surface area contributed by atoms with Gasteiger partial charge < -0.3 is 11.1 Å². The molecule has 3 N–H and O–H groups in total. The van der Waals surface area contributed by atoms with Crippen molar-refractivity contribution in [3.05, 3.63) is 26.2 Å². The van der Waals surface area contributed by atoms with E-state index in [1.807, 2.05) is 18.2 Å². The molecule has 5 heteroatoms. The van der Waals surface area contributed by atoms with Gasteiger partial charge in [-0.1, -0.05) is 12.8 Å². The van der Waals surface area contributed by atoms with Crippen molar-refractivity contribution in [2.24, 2.45) is 11.7 Å². The van der Waals surface area contributed by atoms with Crippen molar-refractivity contribution < 1.29 is 4.79 Å². The average Bonchev–Trinajstić information content (AvgIpc) is 2.33. The molecule has 1 aromatic rings. The second kappa shape index (κ2) is 6.34. The van der Waals surface area contributed by atoms with Crippen molar-refractivity contribution in [1.82, 2.24) is 0 Å². The summed E-state index contributed by atoms with van der Waals surface area (Å²) in [6.45, 7) is 0. The number of anilines is 1. The largest absolute Gasteiger partial charge is 0.327 e. The van der Waals surface area contributed by atoms with E-state index >= 15 is 0 Å². The van der Waals surface area contributed by atoms with Gasteiger partial charge in [-0.05, 0) is 69.6 Å². The normalized spacial score (nSPS) is 23.7. The summed E-state index contributed by atoms with van der Waals surface area (Å²) in [5.74, 6) is -0.00552. The van der Waals surface area contributed by atoms with Gasteiger partial charge in [0.15, 0.2) is 0 Å². The first-order chi connectivity index (χ1) is 8.58. The van der Waals surface area contributed by atoms with Gasteiger partial charge in [0.05, 0.1) is 11.6 Å². The molecule has 0 aliphatic heterocycles. The molecule has 0 spiro atoms. The van der Waals surface area contributed by atoms with Crippen LogP contribution in [0.5, 0.6) is 0 Å². The molecule has 0 aromatic heterocycles. The number of hydrogen-bond donors (Lipinski definition) is 2. The van der Waals surface area contributed by atoms with Crippen LogP contribution in [0, 0.1) is 9.49 Å². The first-order valence-corrected chi connectivity index (χ1v) is 7.96. The highest BCUT2D eigenvalue weighted by Gasteiger charge is 2.28. The standard InChI is InChI=1S/C13H16BrIN2O/c14-10-7-8(15)5-6-12(10)17-13(18)9-3-1-2-4-11(9)16/h5-7,9,11H,1-4,16H2,(H,17,18). The van der Waals surface area contributed by atoms with E-state index in [1.54, 1.807) is 0 Å². The number of carbonyl (C=O) groups is 1. The molecule has 1 saturated carbocycles. The van der Waals surface area contributed by atoms with Crippen LogP contribution in [0.1, 0.15) is 25.7 Å². The fourth-order valence-electron chi connectivity index (χ4n) is 2.30. The number of halogens is 2. The van der Waals surface area contributed by atoms with Crippen molar-refractivity contribution in [3.63, 3.8) is 0 Å². The Bertz CT molecular complexity index is 453. The number of benzene rings is 1. The van der Waals surface area contributed by atoms with Gasteiger partial charge in [0.25, 0.3) is 0 Å². The molecule has 98 valence electrons. The number of carbonyl (C=O) groups excluding carboxylic acids is 1. The molecular formula is C13H16BrIN2O. The van der Waals surface area contributed by atoms with Crippen LogP contribution in [0.3, 0.4) is 0 Å². The Morgan fingerprint density at radius 2 is 2.11 bits per heavy atom. The summed E-state index contributed by atoms with van der Waals surface area (Å²) in [5.41, 5.74) is 6.84. The first kappa shape index (κ1) is 14.3.